The summed E-state index contributed by atoms with van der Waals surface area (Å²) in [6.07, 6.45) is 6.69. The number of carbonyl (C=O) groups excluding carboxylic acids is 2. The van der Waals surface area contributed by atoms with Crippen LogP contribution in [0.5, 0.6) is 0 Å². The Kier molecular flexibility index (Phi) is 6.45. The van der Waals surface area contributed by atoms with Gasteiger partial charge in [-0.05, 0) is 68.8 Å². The van der Waals surface area contributed by atoms with Crippen molar-refractivity contribution >= 4 is 17.5 Å². The molecule has 0 saturated carbocycles. The van der Waals surface area contributed by atoms with E-state index >= 15 is 0 Å². The van der Waals surface area contributed by atoms with Crippen molar-refractivity contribution in [1.29, 1.82) is 0 Å². The highest BCUT2D eigenvalue weighted by atomic mass is 16.2. The Morgan fingerprint density at radius 2 is 1.92 bits per heavy atom. The normalized spacial score (nSPS) is 19.0. The zero-order chi connectivity index (χ0) is 17.5. The molecule has 25 heavy (non-hydrogen) atoms. The molecular weight excluding hydrogens is 314 g/mol. The molecule has 2 saturated heterocycles. The molecule has 2 aliphatic heterocycles. The molecule has 0 atom stereocenters. The van der Waals surface area contributed by atoms with Gasteiger partial charge in [0, 0.05) is 31.6 Å². The Morgan fingerprint density at radius 1 is 1.16 bits per heavy atom. The first-order chi connectivity index (χ1) is 12.2. The fourth-order valence-corrected chi connectivity index (χ4v) is 3.67. The molecule has 0 aromatic heterocycles. The van der Waals surface area contributed by atoms with Crippen LogP contribution in [0.15, 0.2) is 24.3 Å². The van der Waals surface area contributed by atoms with Gasteiger partial charge in [-0.15, -0.1) is 0 Å². The van der Waals surface area contributed by atoms with E-state index in [1.165, 1.54) is 12.8 Å². The minimum Gasteiger partial charge on any atom is -0.352 e. The molecule has 2 amide bonds. The second-order valence-electron chi connectivity index (χ2n) is 7.18. The third-order valence-corrected chi connectivity index (χ3v) is 5.30. The maximum absolute atomic E-state index is 12.0. The van der Waals surface area contributed by atoms with Gasteiger partial charge in [-0.1, -0.05) is 12.1 Å². The molecule has 1 aromatic rings. The van der Waals surface area contributed by atoms with E-state index in [9.17, 15) is 9.59 Å². The molecular formula is C20H29N3O2. The van der Waals surface area contributed by atoms with Gasteiger partial charge in [-0.25, -0.2) is 0 Å². The fourth-order valence-electron chi connectivity index (χ4n) is 3.67. The van der Waals surface area contributed by atoms with Crippen molar-refractivity contribution in [2.75, 3.05) is 24.5 Å². The number of piperidine rings is 2. The Balaban J connectivity index is 1.42. The first kappa shape index (κ1) is 17.9. The number of nitrogens with one attached hydrogen (secondary N) is 2. The third-order valence-electron chi connectivity index (χ3n) is 5.30. The van der Waals surface area contributed by atoms with Crippen molar-refractivity contribution in [2.24, 2.45) is 5.92 Å². The maximum atomic E-state index is 12.0. The predicted molar refractivity (Wildman–Crippen MR) is 99.3 cm³/mol. The van der Waals surface area contributed by atoms with Crippen molar-refractivity contribution in [2.45, 2.75) is 51.5 Å². The van der Waals surface area contributed by atoms with Gasteiger partial charge in [0.15, 0.2) is 0 Å². The van der Waals surface area contributed by atoms with Crippen LogP contribution in [0, 0.1) is 5.92 Å². The third kappa shape index (κ3) is 5.30. The van der Waals surface area contributed by atoms with Crippen LogP contribution < -0.4 is 15.5 Å². The van der Waals surface area contributed by atoms with E-state index in [1.54, 1.807) is 0 Å². The summed E-state index contributed by atoms with van der Waals surface area (Å²) in [5.74, 6) is 1.03. The number of anilines is 1. The van der Waals surface area contributed by atoms with Gasteiger partial charge in [0.2, 0.25) is 11.8 Å². The zero-order valence-electron chi connectivity index (χ0n) is 14.9. The lowest BCUT2D eigenvalue weighted by Crippen LogP contribution is -2.35. The standard InChI is InChI=1S/C20H29N3O2/c24-19(9-6-16-10-12-21-13-11-16)22-15-17-4-7-18(8-5-17)23-14-2-1-3-20(23)25/h4-5,7-8,16,21H,1-3,6,9-15H2,(H,22,24). The fraction of sp³-hybridized carbons (Fsp3) is 0.600. The number of carbonyl (C=O) groups is 2. The number of hydrogen-bond donors (Lipinski definition) is 2. The highest BCUT2D eigenvalue weighted by molar-refractivity contribution is 5.93. The zero-order valence-corrected chi connectivity index (χ0v) is 14.9. The molecule has 5 nitrogen and oxygen atoms in total. The Morgan fingerprint density at radius 3 is 2.64 bits per heavy atom. The molecule has 0 spiro atoms. The molecule has 0 radical (unpaired) electrons. The van der Waals surface area contributed by atoms with Crippen LogP contribution in [0.3, 0.4) is 0 Å². The van der Waals surface area contributed by atoms with Gasteiger partial charge in [0.1, 0.15) is 0 Å². The summed E-state index contributed by atoms with van der Waals surface area (Å²) in [7, 11) is 0. The summed E-state index contributed by atoms with van der Waals surface area (Å²) in [5, 5.41) is 6.37. The molecule has 3 rings (SSSR count). The van der Waals surface area contributed by atoms with E-state index in [1.807, 2.05) is 29.2 Å². The van der Waals surface area contributed by atoms with Crippen molar-refractivity contribution in [3.05, 3.63) is 29.8 Å². The van der Waals surface area contributed by atoms with E-state index in [4.69, 9.17) is 0 Å². The van der Waals surface area contributed by atoms with E-state index in [0.717, 1.165) is 50.1 Å². The summed E-state index contributed by atoms with van der Waals surface area (Å²) in [6, 6.07) is 7.98. The summed E-state index contributed by atoms with van der Waals surface area (Å²) in [6.45, 7) is 3.53. The Bertz CT molecular complexity index is 579. The lowest BCUT2D eigenvalue weighted by molar-refractivity contribution is -0.121. The largest absolute Gasteiger partial charge is 0.352 e. The molecule has 1 aromatic carbocycles. The SMILES string of the molecule is O=C(CCC1CCNCC1)NCc1ccc(N2CCCCC2=O)cc1. The van der Waals surface area contributed by atoms with Crippen molar-refractivity contribution < 1.29 is 9.59 Å². The second-order valence-corrected chi connectivity index (χ2v) is 7.18. The average molecular weight is 343 g/mol. The summed E-state index contributed by atoms with van der Waals surface area (Å²) >= 11 is 0. The predicted octanol–water partition coefficient (Wildman–Crippen LogP) is 2.60. The summed E-state index contributed by atoms with van der Waals surface area (Å²) in [4.78, 5) is 25.9. The van der Waals surface area contributed by atoms with Crippen LogP contribution in [-0.4, -0.2) is 31.4 Å². The Hall–Kier alpha value is -1.88. The van der Waals surface area contributed by atoms with E-state index in [0.29, 0.717) is 25.3 Å². The van der Waals surface area contributed by atoms with E-state index in [2.05, 4.69) is 10.6 Å². The van der Waals surface area contributed by atoms with Gasteiger partial charge in [-0.3, -0.25) is 9.59 Å². The maximum Gasteiger partial charge on any atom is 0.226 e. The first-order valence-corrected chi connectivity index (χ1v) is 9.59. The summed E-state index contributed by atoms with van der Waals surface area (Å²) < 4.78 is 0. The van der Waals surface area contributed by atoms with Gasteiger partial charge in [0.25, 0.3) is 0 Å². The molecule has 2 N–H and O–H groups in total. The molecule has 136 valence electrons. The van der Waals surface area contributed by atoms with Crippen LogP contribution in [0.1, 0.15) is 50.5 Å². The first-order valence-electron chi connectivity index (χ1n) is 9.59. The lowest BCUT2D eigenvalue weighted by Gasteiger charge is -2.26. The van der Waals surface area contributed by atoms with E-state index < -0.39 is 0 Å². The highest BCUT2D eigenvalue weighted by Crippen LogP contribution is 2.21. The van der Waals surface area contributed by atoms with Gasteiger partial charge in [0.05, 0.1) is 0 Å². The number of benzene rings is 1. The van der Waals surface area contributed by atoms with Gasteiger partial charge in [-0.2, -0.15) is 0 Å². The second kappa shape index (κ2) is 8.99. The van der Waals surface area contributed by atoms with Crippen molar-refractivity contribution in [3.8, 4) is 0 Å². The molecule has 2 fully saturated rings. The topological polar surface area (TPSA) is 61.4 Å². The number of hydrogen-bond acceptors (Lipinski definition) is 3. The number of rotatable bonds is 6. The van der Waals surface area contributed by atoms with Crippen LogP contribution >= 0.6 is 0 Å². The minimum absolute atomic E-state index is 0.133. The lowest BCUT2D eigenvalue weighted by atomic mass is 9.93. The van der Waals surface area contributed by atoms with Crippen LogP contribution in [0.4, 0.5) is 5.69 Å². The number of nitrogens with zero attached hydrogens (tertiary/aromatic N) is 1. The molecule has 0 bridgehead atoms. The summed E-state index contributed by atoms with van der Waals surface area (Å²) in [5.41, 5.74) is 2.04. The quantitative estimate of drug-likeness (QED) is 0.835. The molecule has 2 heterocycles. The van der Waals surface area contributed by atoms with E-state index in [-0.39, 0.29) is 11.8 Å². The monoisotopic (exact) mass is 343 g/mol. The van der Waals surface area contributed by atoms with Gasteiger partial charge < -0.3 is 15.5 Å². The van der Waals surface area contributed by atoms with Crippen molar-refractivity contribution in [1.82, 2.24) is 10.6 Å². The van der Waals surface area contributed by atoms with Gasteiger partial charge >= 0.3 is 0 Å². The highest BCUT2D eigenvalue weighted by Gasteiger charge is 2.19. The number of amides is 2. The van der Waals surface area contributed by atoms with Crippen LogP contribution in [0.25, 0.3) is 0 Å². The molecule has 2 aliphatic rings. The average Bonchev–Trinajstić information content (AvgIpc) is 2.66. The molecule has 5 heteroatoms. The molecule has 0 aliphatic carbocycles. The molecule has 0 unspecified atom stereocenters. The van der Waals surface area contributed by atoms with Crippen LogP contribution in [-0.2, 0) is 16.1 Å². The van der Waals surface area contributed by atoms with Crippen LogP contribution in [0.2, 0.25) is 0 Å². The smallest absolute Gasteiger partial charge is 0.226 e. The minimum atomic E-state index is 0.133. The Labute approximate surface area is 150 Å². The van der Waals surface area contributed by atoms with Crippen molar-refractivity contribution in [3.63, 3.8) is 0 Å².